The number of carbonyl (C=O) groups excluding carboxylic acids is 2. The molecule has 0 unspecified atom stereocenters. The molecule has 0 bridgehead atoms. The Hall–Kier alpha value is -3.32. The topological polar surface area (TPSA) is 73.5 Å². The van der Waals surface area contributed by atoms with E-state index in [4.69, 9.17) is 0 Å². The standard InChI is InChI=1S/C20H18N4O2S/c25-19-13-24(18-6-2-1-5-17(18)22-19)23-15-9-7-14(8-10-15)20(26)21-12-16-4-3-11-27-16/h1-11,23H,12-13H2,(H,21,26)(H,22,25). The maximum absolute atomic E-state index is 12.3. The van der Waals surface area contributed by atoms with E-state index in [1.807, 2.05) is 53.9 Å². The molecule has 0 spiro atoms. The number of rotatable bonds is 5. The van der Waals surface area contributed by atoms with Gasteiger partial charge in [-0.3, -0.25) is 20.0 Å². The molecule has 7 heteroatoms. The highest BCUT2D eigenvalue weighted by atomic mass is 32.1. The first kappa shape index (κ1) is 17.1. The summed E-state index contributed by atoms with van der Waals surface area (Å²) in [5.41, 5.74) is 6.29. The van der Waals surface area contributed by atoms with Crippen molar-refractivity contribution in [3.05, 3.63) is 76.5 Å². The first-order valence-electron chi connectivity index (χ1n) is 8.53. The lowest BCUT2D eigenvalue weighted by molar-refractivity contribution is -0.115. The quantitative estimate of drug-likeness (QED) is 0.636. The van der Waals surface area contributed by atoms with Crippen LogP contribution in [0.3, 0.4) is 0 Å². The first-order chi connectivity index (χ1) is 13.2. The molecule has 6 nitrogen and oxygen atoms in total. The summed E-state index contributed by atoms with van der Waals surface area (Å²) in [6, 6.07) is 18.7. The molecule has 2 amide bonds. The molecule has 1 aliphatic rings. The molecule has 0 saturated heterocycles. The van der Waals surface area contributed by atoms with Gasteiger partial charge in [-0.2, -0.15) is 0 Å². The zero-order valence-corrected chi connectivity index (χ0v) is 15.3. The summed E-state index contributed by atoms with van der Waals surface area (Å²) in [4.78, 5) is 25.3. The fourth-order valence-corrected chi connectivity index (χ4v) is 3.51. The number of hydrogen-bond donors (Lipinski definition) is 3. The van der Waals surface area contributed by atoms with E-state index in [1.54, 1.807) is 28.5 Å². The molecule has 0 saturated carbocycles. The van der Waals surface area contributed by atoms with Crippen LogP contribution < -0.4 is 21.1 Å². The second-order valence-electron chi connectivity index (χ2n) is 6.10. The van der Waals surface area contributed by atoms with Crippen LogP contribution in [0.2, 0.25) is 0 Å². The monoisotopic (exact) mass is 378 g/mol. The van der Waals surface area contributed by atoms with Crippen molar-refractivity contribution in [2.24, 2.45) is 0 Å². The van der Waals surface area contributed by atoms with Gasteiger partial charge in [0.2, 0.25) is 5.91 Å². The van der Waals surface area contributed by atoms with Crippen LogP contribution in [0.15, 0.2) is 66.0 Å². The minimum atomic E-state index is -0.113. The van der Waals surface area contributed by atoms with E-state index in [-0.39, 0.29) is 18.4 Å². The van der Waals surface area contributed by atoms with Crippen molar-refractivity contribution in [1.82, 2.24) is 5.32 Å². The zero-order chi connectivity index (χ0) is 18.6. The third kappa shape index (κ3) is 3.93. The van der Waals surface area contributed by atoms with Gasteiger partial charge in [0, 0.05) is 10.4 Å². The molecule has 0 aliphatic carbocycles. The first-order valence-corrected chi connectivity index (χ1v) is 9.41. The second-order valence-corrected chi connectivity index (χ2v) is 7.13. The van der Waals surface area contributed by atoms with Crippen molar-refractivity contribution < 1.29 is 9.59 Å². The van der Waals surface area contributed by atoms with E-state index >= 15 is 0 Å². The van der Waals surface area contributed by atoms with Gasteiger partial charge in [-0.1, -0.05) is 18.2 Å². The van der Waals surface area contributed by atoms with E-state index in [9.17, 15) is 9.59 Å². The van der Waals surface area contributed by atoms with Crippen molar-refractivity contribution in [1.29, 1.82) is 0 Å². The molecule has 3 N–H and O–H groups in total. The lowest BCUT2D eigenvalue weighted by Gasteiger charge is -2.31. The van der Waals surface area contributed by atoms with Crippen LogP contribution in [0, 0.1) is 0 Å². The molecule has 27 heavy (non-hydrogen) atoms. The molecule has 0 fully saturated rings. The molecule has 2 heterocycles. The minimum Gasteiger partial charge on any atom is -0.347 e. The number of anilines is 3. The average Bonchev–Trinajstić information content (AvgIpc) is 3.20. The number of hydrazine groups is 1. The van der Waals surface area contributed by atoms with Crippen LogP contribution in [0.1, 0.15) is 15.2 Å². The highest BCUT2D eigenvalue weighted by Crippen LogP contribution is 2.29. The molecule has 0 atom stereocenters. The van der Waals surface area contributed by atoms with E-state index in [0.717, 1.165) is 21.9 Å². The SMILES string of the molecule is O=C1CN(Nc2ccc(C(=O)NCc3cccs3)cc2)c2ccccc2N1. The number of carbonyl (C=O) groups is 2. The molecule has 3 aromatic rings. The lowest BCUT2D eigenvalue weighted by Crippen LogP contribution is -2.41. The third-order valence-electron chi connectivity index (χ3n) is 4.19. The minimum absolute atomic E-state index is 0.0780. The van der Waals surface area contributed by atoms with Crippen LogP contribution >= 0.6 is 11.3 Å². The van der Waals surface area contributed by atoms with Gasteiger partial charge >= 0.3 is 0 Å². The highest BCUT2D eigenvalue weighted by molar-refractivity contribution is 7.09. The Kier molecular flexibility index (Phi) is 4.76. The number of para-hydroxylation sites is 2. The fraction of sp³-hybridized carbons (Fsp3) is 0.100. The molecule has 1 aromatic heterocycles. The zero-order valence-electron chi connectivity index (χ0n) is 14.4. The summed E-state index contributed by atoms with van der Waals surface area (Å²) >= 11 is 1.61. The van der Waals surface area contributed by atoms with E-state index in [0.29, 0.717) is 12.1 Å². The summed E-state index contributed by atoms with van der Waals surface area (Å²) in [5, 5.41) is 9.54. The van der Waals surface area contributed by atoms with Crippen LogP contribution in [0.4, 0.5) is 17.1 Å². The number of benzene rings is 2. The third-order valence-corrected chi connectivity index (χ3v) is 5.06. The van der Waals surface area contributed by atoms with Crippen LogP contribution in [0.5, 0.6) is 0 Å². The fourth-order valence-electron chi connectivity index (χ4n) is 2.87. The lowest BCUT2D eigenvalue weighted by atomic mass is 10.2. The summed E-state index contributed by atoms with van der Waals surface area (Å²) < 4.78 is 0. The van der Waals surface area contributed by atoms with Gasteiger partial charge in [0.1, 0.15) is 6.54 Å². The largest absolute Gasteiger partial charge is 0.347 e. The second kappa shape index (κ2) is 7.51. The van der Waals surface area contributed by atoms with Crippen molar-refractivity contribution >= 4 is 40.2 Å². The molecular weight excluding hydrogens is 360 g/mol. The Balaban J connectivity index is 1.42. The molecule has 0 radical (unpaired) electrons. The predicted octanol–water partition coefficient (Wildman–Crippen LogP) is 3.46. The smallest absolute Gasteiger partial charge is 0.251 e. The molecule has 2 aromatic carbocycles. The molecular formula is C20H18N4O2S. The molecule has 136 valence electrons. The van der Waals surface area contributed by atoms with Gasteiger partial charge in [-0.15, -0.1) is 11.3 Å². The number of fused-ring (bicyclic) bond motifs is 1. The summed E-state index contributed by atoms with van der Waals surface area (Å²) in [6.45, 7) is 0.732. The van der Waals surface area contributed by atoms with Gasteiger partial charge < -0.3 is 10.6 Å². The number of thiophene rings is 1. The number of nitrogens with zero attached hydrogens (tertiary/aromatic N) is 1. The maximum Gasteiger partial charge on any atom is 0.251 e. The van der Waals surface area contributed by atoms with Crippen molar-refractivity contribution in [3.63, 3.8) is 0 Å². The Bertz CT molecular complexity index is 954. The van der Waals surface area contributed by atoms with E-state index in [2.05, 4.69) is 16.1 Å². The van der Waals surface area contributed by atoms with E-state index < -0.39 is 0 Å². The van der Waals surface area contributed by atoms with Crippen molar-refractivity contribution in [2.75, 3.05) is 22.3 Å². The van der Waals surface area contributed by atoms with Gasteiger partial charge in [0.05, 0.1) is 23.6 Å². The Labute approximate surface area is 160 Å². The normalized spacial score (nSPS) is 12.9. The molecule has 1 aliphatic heterocycles. The number of hydrogen-bond acceptors (Lipinski definition) is 5. The van der Waals surface area contributed by atoms with Gasteiger partial charge in [0.15, 0.2) is 0 Å². The van der Waals surface area contributed by atoms with Crippen molar-refractivity contribution in [3.8, 4) is 0 Å². The van der Waals surface area contributed by atoms with E-state index in [1.165, 1.54) is 0 Å². The molecule has 4 rings (SSSR count). The Morgan fingerprint density at radius 2 is 1.89 bits per heavy atom. The van der Waals surface area contributed by atoms with Gasteiger partial charge in [-0.25, -0.2) is 0 Å². The summed E-state index contributed by atoms with van der Waals surface area (Å²) in [6.07, 6.45) is 0. The van der Waals surface area contributed by atoms with Crippen LogP contribution in [-0.2, 0) is 11.3 Å². The highest BCUT2D eigenvalue weighted by Gasteiger charge is 2.21. The number of amides is 2. The Morgan fingerprint density at radius 3 is 2.67 bits per heavy atom. The predicted molar refractivity (Wildman–Crippen MR) is 108 cm³/mol. The van der Waals surface area contributed by atoms with Crippen molar-refractivity contribution in [2.45, 2.75) is 6.54 Å². The summed E-state index contributed by atoms with van der Waals surface area (Å²) in [7, 11) is 0. The maximum atomic E-state index is 12.3. The summed E-state index contributed by atoms with van der Waals surface area (Å²) in [5.74, 6) is -0.191. The number of nitrogens with one attached hydrogen (secondary N) is 3. The van der Waals surface area contributed by atoms with Crippen LogP contribution in [-0.4, -0.2) is 18.4 Å². The van der Waals surface area contributed by atoms with Crippen LogP contribution in [0.25, 0.3) is 0 Å². The van der Waals surface area contributed by atoms with Gasteiger partial charge in [-0.05, 0) is 47.8 Å². The van der Waals surface area contributed by atoms with Gasteiger partial charge in [0.25, 0.3) is 5.91 Å². The average molecular weight is 378 g/mol. The Morgan fingerprint density at radius 1 is 1.07 bits per heavy atom.